The number of nitrogens with one attached hydrogen (secondary N) is 1. The van der Waals surface area contributed by atoms with Crippen LogP contribution < -0.4 is 9.46 Å². The Morgan fingerprint density at radius 1 is 1.11 bits per heavy atom. The summed E-state index contributed by atoms with van der Waals surface area (Å²) < 4.78 is 34.4. The molecular formula is C17H14Cl3N3O3S. The Kier molecular flexibility index (Phi) is 5.86. The highest BCUT2D eigenvalue weighted by molar-refractivity contribution is 7.92. The molecule has 142 valence electrons. The molecule has 1 N–H and O–H groups in total. The first-order valence-corrected chi connectivity index (χ1v) is 10.2. The van der Waals surface area contributed by atoms with Gasteiger partial charge in [0.25, 0.3) is 10.0 Å². The van der Waals surface area contributed by atoms with Gasteiger partial charge in [-0.2, -0.15) is 5.10 Å². The molecule has 0 saturated carbocycles. The van der Waals surface area contributed by atoms with Crippen molar-refractivity contribution in [1.29, 1.82) is 0 Å². The quantitative estimate of drug-likeness (QED) is 0.557. The minimum Gasteiger partial charge on any atom is -0.497 e. The third-order valence-electron chi connectivity index (χ3n) is 3.63. The van der Waals surface area contributed by atoms with Crippen molar-refractivity contribution in [2.45, 2.75) is 11.4 Å². The SMILES string of the molecule is COc1cccc(Cn2cc(NS(=O)(=O)c3cc(Cl)c(Cl)cc3Cl)cn2)c1. The van der Waals surface area contributed by atoms with Gasteiger partial charge >= 0.3 is 0 Å². The summed E-state index contributed by atoms with van der Waals surface area (Å²) in [5.41, 5.74) is 1.25. The van der Waals surface area contributed by atoms with Crippen molar-refractivity contribution < 1.29 is 13.2 Å². The molecule has 6 nitrogen and oxygen atoms in total. The molecule has 0 aliphatic heterocycles. The molecule has 3 aromatic rings. The number of sulfonamides is 1. The first kappa shape index (κ1) is 19.8. The van der Waals surface area contributed by atoms with Crippen LogP contribution in [0.4, 0.5) is 5.69 Å². The molecular weight excluding hydrogens is 433 g/mol. The zero-order valence-corrected chi connectivity index (χ0v) is 17.1. The van der Waals surface area contributed by atoms with E-state index in [-0.39, 0.29) is 20.0 Å². The van der Waals surface area contributed by atoms with Gasteiger partial charge in [-0.1, -0.05) is 46.9 Å². The molecule has 10 heteroatoms. The summed E-state index contributed by atoms with van der Waals surface area (Å²) in [6, 6.07) is 9.99. The summed E-state index contributed by atoms with van der Waals surface area (Å²) in [5.74, 6) is 0.731. The van der Waals surface area contributed by atoms with E-state index in [4.69, 9.17) is 39.5 Å². The van der Waals surface area contributed by atoms with Gasteiger partial charge in [0, 0.05) is 6.20 Å². The molecule has 0 bridgehead atoms. The van der Waals surface area contributed by atoms with E-state index in [1.807, 2.05) is 24.3 Å². The number of anilines is 1. The Morgan fingerprint density at radius 2 is 1.85 bits per heavy atom. The number of nitrogens with zero attached hydrogens (tertiary/aromatic N) is 2. The van der Waals surface area contributed by atoms with Gasteiger partial charge in [0.2, 0.25) is 0 Å². The van der Waals surface area contributed by atoms with Crippen molar-refractivity contribution in [3.05, 3.63) is 69.4 Å². The van der Waals surface area contributed by atoms with Crippen LogP contribution in [0.3, 0.4) is 0 Å². The fourth-order valence-corrected chi connectivity index (χ4v) is 4.41. The molecule has 1 aromatic heterocycles. The molecule has 1 heterocycles. The maximum atomic E-state index is 12.6. The molecule has 0 aliphatic rings. The second kappa shape index (κ2) is 7.98. The van der Waals surface area contributed by atoms with Gasteiger partial charge in [0.05, 0.1) is 40.6 Å². The van der Waals surface area contributed by atoms with E-state index >= 15 is 0 Å². The zero-order chi connectivity index (χ0) is 19.6. The van der Waals surface area contributed by atoms with E-state index in [0.29, 0.717) is 12.2 Å². The van der Waals surface area contributed by atoms with Crippen LogP contribution in [0.15, 0.2) is 53.7 Å². The first-order chi connectivity index (χ1) is 12.8. The van der Waals surface area contributed by atoms with Crippen molar-refractivity contribution in [3.63, 3.8) is 0 Å². The summed E-state index contributed by atoms with van der Waals surface area (Å²) in [4.78, 5) is -0.167. The predicted octanol–water partition coefficient (Wildman–Crippen LogP) is 4.70. The van der Waals surface area contributed by atoms with Gasteiger partial charge < -0.3 is 4.74 Å². The summed E-state index contributed by atoms with van der Waals surface area (Å²) in [6.07, 6.45) is 2.98. The van der Waals surface area contributed by atoms with Crippen LogP contribution in [-0.2, 0) is 16.6 Å². The van der Waals surface area contributed by atoms with Gasteiger partial charge in [-0.25, -0.2) is 8.42 Å². The smallest absolute Gasteiger partial charge is 0.263 e. The molecule has 0 unspecified atom stereocenters. The summed E-state index contributed by atoms with van der Waals surface area (Å²) in [6.45, 7) is 0.451. The zero-order valence-electron chi connectivity index (χ0n) is 14.0. The lowest BCUT2D eigenvalue weighted by atomic mass is 10.2. The highest BCUT2D eigenvalue weighted by Crippen LogP contribution is 2.32. The second-order valence-electron chi connectivity index (χ2n) is 5.58. The summed E-state index contributed by atoms with van der Waals surface area (Å²) in [5, 5.41) is 4.41. The average molecular weight is 447 g/mol. The third kappa shape index (κ3) is 4.68. The molecule has 2 aromatic carbocycles. The fraction of sp³-hybridized carbons (Fsp3) is 0.118. The Bertz CT molecular complexity index is 1080. The molecule has 0 aliphatic carbocycles. The minimum atomic E-state index is -3.95. The normalized spacial score (nSPS) is 11.4. The lowest BCUT2D eigenvalue weighted by Crippen LogP contribution is -2.13. The monoisotopic (exact) mass is 445 g/mol. The molecule has 0 amide bonds. The molecule has 0 spiro atoms. The van der Waals surface area contributed by atoms with Crippen LogP contribution in [-0.4, -0.2) is 25.3 Å². The van der Waals surface area contributed by atoms with Crippen molar-refractivity contribution in [3.8, 4) is 5.75 Å². The van der Waals surface area contributed by atoms with Crippen molar-refractivity contribution >= 4 is 50.5 Å². The number of halogens is 3. The summed E-state index contributed by atoms with van der Waals surface area (Å²) >= 11 is 17.7. The molecule has 3 rings (SSSR count). The average Bonchev–Trinajstić information content (AvgIpc) is 3.04. The number of rotatable bonds is 6. The van der Waals surface area contributed by atoms with Gasteiger partial charge in [-0.15, -0.1) is 0 Å². The van der Waals surface area contributed by atoms with Gasteiger partial charge in [-0.05, 0) is 29.8 Å². The minimum absolute atomic E-state index is 0.0272. The molecule has 0 atom stereocenters. The lowest BCUT2D eigenvalue weighted by molar-refractivity contribution is 0.414. The first-order valence-electron chi connectivity index (χ1n) is 7.61. The van der Waals surface area contributed by atoms with Crippen LogP contribution >= 0.6 is 34.8 Å². The lowest BCUT2D eigenvalue weighted by Gasteiger charge is -2.09. The van der Waals surface area contributed by atoms with Gasteiger partial charge in [-0.3, -0.25) is 9.40 Å². The van der Waals surface area contributed by atoms with Crippen molar-refractivity contribution in [2.75, 3.05) is 11.8 Å². The Morgan fingerprint density at radius 3 is 2.59 bits per heavy atom. The highest BCUT2D eigenvalue weighted by atomic mass is 35.5. The van der Waals surface area contributed by atoms with Crippen LogP contribution in [0.1, 0.15) is 5.56 Å². The predicted molar refractivity (Wildman–Crippen MR) is 107 cm³/mol. The molecule has 0 fully saturated rings. The number of hydrogen-bond donors (Lipinski definition) is 1. The Hall–Kier alpha value is -1.93. The number of benzene rings is 2. The van der Waals surface area contributed by atoms with E-state index in [1.54, 1.807) is 18.0 Å². The number of ether oxygens (including phenoxy) is 1. The van der Waals surface area contributed by atoms with Crippen molar-refractivity contribution in [1.82, 2.24) is 9.78 Å². The van der Waals surface area contributed by atoms with Gasteiger partial charge in [0.15, 0.2) is 0 Å². The number of methoxy groups -OCH3 is 1. The fourth-order valence-electron chi connectivity index (χ4n) is 2.38. The number of hydrogen-bond acceptors (Lipinski definition) is 4. The van der Waals surface area contributed by atoms with Crippen LogP contribution in [0.5, 0.6) is 5.75 Å². The second-order valence-corrected chi connectivity index (χ2v) is 8.45. The van der Waals surface area contributed by atoms with Crippen LogP contribution in [0.2, 0.25) is 15.1 Å². The van der Waals surface area contributed by atoms with E-state index in [0.717, 1.165) is 11.3 Å². The van der Waals surface area contributed by atoms with E-state index in [2.05, 4.69) is 9.82 Å². The molecule has 0 radical (unpaired) electrons. The van der Waals surface area contributed by atoms with Crippen LogP contribution in [0.25, 0.3) is 0 Å². The van der Waals surface area contributed by atoms with Gasteiger partial charge in [0.1, 0.15) is 10.6 Å². The number of aromatic nitrogens is 2. The Balaban J connectivity index is 1.79. The van der Waals surface area contributed by atoms with E-state index in [9.17, 15) is 8.42 Å². The van der Waals surface area contributed by atoms with E-state index in [1.165, 1.54) is 18.3 Å². The third-order valence-corrected chi connectivity index (χ3v) is 6.20. The maximum Gasteiger partial charge on any atom is 0.263 e. The van der Waals surface area contributed by atoms with E-state index < -0.39 is 10.0 Å². The highest BCUT2D eigenvalue weighted by Gasteiger charge is 2.20. The largest absolute Gasteiger partial charge is 0.497 e. The molecule has 0 saturated heterocycles. The van der Waals surface area contributed by atoms with Crippen LogP contribution in [0, 0.1) is 0 Å². The Labute approximate surface area is 171 Å². The van der Waals surface area contributed by atoms with Crippen molar-refractivity contribution in [2.24, 2.45) is 0 Å². The standard InChI is InChI=1S/C17H14Cl3N3O3S/c1-26-13-4-2-3-11(5-13)9-23-10-12(8-21-23)22-27(24,25)17-7-15(19)14(18)6-16(17)20/h2-8,10,22H,9H2,1H3. The summed E-state index contributed by atoms with van der Waals surface area (Å²) in [7, 11) is -2.36. The topological polar surface area (TPSA) is 73.2 Å². The maximum absolute atomic E-state index is 12.6. The molecule has 27 heavy (non-hydrogen) atoms.